The van der Waals surface area contributed by atoms with Crippen molar-refractivity contribution in [3.63, 3.8) is 0 Å². The molecule has 24 heavy (non-hydrogen) atoms. The number of para-hydroxylation sites is 1. The van der Waals surface area contributed by atoms with Gasteiger partial charge >= 0.3 is 0 Å². The predicted molar refractivity (Wildman–Crippen MR) is 105 cm³/mol. The fraction of sp³-hybridized carbons (Fsp3) is 0.118. The molecule has 1 unspecified atom stereocenters. The molecular formula is C17H14IN3O2S. The van der Waals surface area contributed by atoms with Crippen molar-refractivity contribution in [1.29, 1.82) is 5.41 Å². The first-order chi connectivity index (χ1) is 11.5. The lowest BCUT2D eigenvalue weighted by Gasteiger charge is -2.15. The van der Waals surface area contributed by atoms with Crippen LogP contribution in [0.1, 0.15) is 6.42 Å². The Balaban J connectivity index is 1.65. The summed E-state index contributed by atoms with van der Waals surface area (Å²) in [6.07, 6.45) is 0.0429. The maximum atomic E-state index is 12.5. The summed E-state index contributed by atoms with van der Waals surface area (Å²) in [7, 11) is 0. The molecule has 0 saturated carbocycles. The molecule has 0 aliphatic carbocycles. The van der Waals surface area contributed by atoms with E-state index in [2.05, 4.69) is 27.9 Å². The van der Waals surface area contributed by atoms with Crippen LogP contribution in [0.2, 0.25) is 0 Å². The summed E-state index contributed by atoms with van der Waals surface area (Å²) in [5.74, 6) is -0.460. The number of amides is 2. The number of rotatable bonds is 4. The van der Waals surface area contributed by atoms with E-state index < -0.39 is 5.25 Å². The third-order valence-corrected chi connectivity index (χ3v) is 5.24. The molecule has 0 radical (unpaired) electrons. The van der Waals surface area contributed by atoms with Crippen LogP contribution < -0.4 is 10.2 Å². The number of amidine groups is 1. The van der Waals surface area contributed by atoms with Crippen LogP contribution in [0.15, 0.2) is 54.6 Å². The summed E-state index contributed by atoms with van der Waals surface area (Å²) >= 11 is 3.31. The SMILES string of the molecule is N=C1SC(CC(=O)Nc2ccc(I)cc2)C(=O)N1c1ccccc1. The van der Waals surface area contributed by atoms with Crippen LogP contribution in [-0.4, -0.2) is 22.2 Å². The van der Waals surface area contributed by atoms with Gasteiger partial charge in [-0.05, 0) is 59.0 Å². The number of anilines is 2. The van der Waals surface area contributed by atoms with Gasteiger partial charge in [0.1, 0.15) is 5.25 Å². The second-order valence-electron chi connectivity index (χ2n) is 5.18. The molecule has 2 N–H and O–H groups in total. The Labute approximate surface area is 157 Å². The Bertz CT molecular complexity index is 780. The molecule has 2 aromatic carbocycles. The van der Waals surface area contributed by atoms with Crippen molar-refractivity contribution in [3.8, 4) is 0 Å². The van der Waals surface area contributed by atoms with Gasteiger partial charge in [-0.3, -0.25) is 19.9 Å². The van der Waals surface area contributed by atoms with Gasteiger partial charge in [-0.2, -0.15) is 0 Å². The molecule has 3 rings (SSSR count). The Morgan fingerprint density at radius 2 is 1.83 bits per heavy atom. The van der Waals surface area contributed by atoms with Crippen LogP contribution in [0.5, 0.6) is 0 Å². The molecule has 0 bridgehead atoms. The fourth-order valence-electron chi connectivity index (χ4n) is 2.35. The number of hydrogen-bond acceptors (Lipinski definition) is 4. The van der Waals surface area contributed by atoms with Crippen molar-refractivity contribution in [2.45, 2.75) is 11.7 Å². The summed E-state index contributed by atoms with van der Waals surface area (Å²) in [5.41, 5.74) is 1.35. The highest BCUT2D eigenvalue weighted by molar-refractivity contribution is 14.1. The van der Waals surface area contributed by atoms with Crippen LogP contribution in [0.25, 0.3) is 0 Å². The van der Waals surface area contributed by atoms with E-state index in [0.717, 1.165) is 15.3 Å². The lowest BCUT2D eigenvalue weighted by molar-refractivity contribution is -0.121. The quantitative estimate of drug-likeness (QED) is 0.697. The Morgan fingerprint density at radius 3 is 2.50 bits per heavy atom. The zero-order chi connectivity index (χ0) is 17.1. The third kappa shape index (κ3) is 3.78. The molecule has 1 aliphatic heterocycles. The number of nitrogens with zero attached hydrogens (tertiary/aromatic N) is 1. The van der Waals surface area contributed by atoms with E-state index in [1.54, 1.807) is 12.1 Å². The van der Waals surface area contributed by atoms with Crippen LogP contribution >= 0.6 is 34.4 Å². The second kappa shape index (κ2) is 7.35. The van der Waals surface area contributed by atoms with Gasteiger partial charge in [0, 0.05) is 15.7 Å². The van der Waals surface area contributed by atoms with Crippen LogP contribution in [-0.2, 0) is 9.59 Å². The largest absolute Gasteiger partial charge is 0.326 e. The van der Waals surface area contributed by atoms with Crippen molar-refractivity contribution >= 4 is 62.7 Å². The van der Waals surface area contributed by atoms with Gasteiger partial charge in [-0.1, -0.05) is 30.0 Å². The topological polar surface area (TPSA) is 73.3 Å². The number of hydrogen-bond donors (Lipinski definition) is 2. The summed E-state index contributed by atoms with van der Waals surface area (Å²) in [6, 6.07) is 16.5. The van der Waals surface area contributed by atoms with Crippen molar-refractivity contribution in [2.75, 3.05) is 10.2 Å². The van der Waals surface area contributed by atoms with Crippen LogP contribution in [0, 0.1) is 8.98 Å². The van der Waals surface area contributed by atoms with Gasteiger partial charge in [0.25, 0.3) is 0 Å². The fourth-order valence-corrected chi connectivity index (χ4v) is 3.72. The van der Waals surface area contributed by atoms with Gasteiger partial charge in [0.2, 0.25) is 11.8 Å². The van der Waals surface area contributed by atoms with Gasteiger partial charge < -0.3 is 5.32 Å². The Morgan fingerprint density at radius 1 is 1.17 bits per heavy atom. The number of thioether (sulfide) groups is 1. The number of carbonyl (C=O) groups excluding carboxylic acids is 2. The first-order valence-corrected chi connectivity index (χ1v) is 9.20. The Kier molecular flexibility index (Phi) is 5.20. The van der Waals surface area contributed by atoms with E-state index in [-0.39, 0.29) is 23.4 Å². The van der Waals surface area contributed by atoms with Crippen LogP contribution in [0.4, 0.5) is 11.4 Å². The number of carbonyl (C=O) groups is 2. The zero-order valence-corrected chi connectivity index (χ0v) is 15.5. The molecule has 122 valence electrons. The monoisotopic (exact) mass is 451 g/mol. The van der Waals surface area contributed by atoms with Gasteiger partial charge in [0.05, 0.1) is 5.69 Å². The van der Waals surface area contributed by atoms with E-state index in [9.17, 15) is 9.59 Å². The molecule has 1 atom stereocenters. The van der Waals surface area contributed by atoms with Crippen molar-refractivity contribution in [1.82, 2.24) is 0 Å². The van der Waals surface area contributed by atoms with E-state index in [0.29, 0.717) is 11.4 Å². The molecular weight excluding hydrogens is 437 g/mol. The highest BCUT2D eigenvalue weighted by Gasteiger charge is 2.39. The smallest absolute Gasteiger partial charge is 0.247 e. The maximum Gasteiger partial charge on any atom is 0.247 e. The van der Waals surface area contributed by atoms with Crippen molar-refractivity contribution in [2.24, 2.45) is 0 Å². The standard InChI is InChI=1S/C17H14IN3O2S/c18-11-6-8-12(9-7-11)20-15(22)10-14-16(23)21(17(19)24-14)13-4-2-1-3-5-13/h1-9,14,19H,10H2,(H,20,22). The minimum atomic E-state index is -0.568. The summed E-state index contributed by atoms with van der Waals surface area (Å²) in [5, 5.41) is 10.4. The predicted octanol–water partition coefficient (Wildman–Crippen LogP) is 3.70. The first-order valence-electron chi connectivity index (χ1n) is 7.24. The molecule has 0 aromatic heterocycles. The van der Waals surface area contributed by atoms with E-state index >= 15 is 0 Å². The lowest BCUT2D eigenvalue weighted by atomic mass is 10.2. The van der Waals surface area contributed by atoms with Gasteiger partial charge in [0.15, 0.2) is 5.17 Å². The van der Waals surface area contributed by atoms with Crippen molar-refractivity contribution in [3.05, 3.63) is 58.2 Å². The summed E-state index contributed by atoms with van der Waals surface area (Å²) < 4.78 is 1.08. The molecule has 2 amide bonds. The van der Waals surface area contributed by atoms with Crippen molar-refractivity contribution < 1.29 is 9.59 Å². The minimum absolute atomic E-state index is 0.0429. The number of halogens is 1. The highest BCUT2D eigenvalue weighted by atomic mass is 127. The molecule has 1 fully saturated rings. The molecule has 1 heterocycles. The maximum absolute atomic E-state index is 12.5. The highest BCUT2D eigenvalue weighted by Crippen LogP contribution is 2.32. The summed E-state index contributed by atoms with van der Waals surface area (Å²) in [6.45, 7) is 0. The summed E-state index contributed by atoms with van der Waals surface area (Å²) in [4.78, 5) is 26.1. The molecule has 1 saturated heterocycles. The molecule has 1 aliphatic rings. The second-order valence-corrected chi connectivity index (χ2v) is 7.62. The minimum Gasteiger partial charge on any atom is -0.326 e. The lowest BCUT2D eigenvalue weighted by Crippen LogP contribution is -2.33. The average Bonchev–Trinajstić information content (AvgIpc) is 2.84. The first kappa shape index (κ1) is 17.0. The van der Waals surface area contributed by atoms with E-state index in [1.807, 2.05) is 42.5 Å². The zero-order valence-electron chi connectivity index (χ0n) is 12.5. The average molecular weight is 451 g/mol. The number of nitrogens with one attached hydrogen (secondary N) is 2. The third-order valence-electron chi connectivity index (χ3n) is 3.47. The van der Waals surface area contributed by atoms with E-state index in [4.69, 9.17) is 5.41 Å². The molecule has 0 spiro atoms. The molecule has 2 aromatic rings. The van der Waals surface area contributed by atoms with E-state index in [1.165, 1.54) is 4.90 Å². The Hall–Kier alpha value is -1.87. The normalized spacial score (nSPS) is 17.2. The molecule has 5 nitrogen and oxygen atoms in total. The molecule has 7 heteroatoms. The van der Waals surface area contributed by atoms with Gasteiger partial charge in [-0.15, -0.1) is 0 Å². The van der Waals surface area contributed by atoms with Crippen LogP contribution in [0.3, 0.4) is 0 Å². The number of benzene rings is 2. The van der Waals surface area contributed by atoms with Gasteiger partial charge in [-0.25, -0.2) is 0 Å².